The van der Waals surface area contributed by atoms with Crippen LogP contribution in [0.4, 0.5) is 0 Å². The smallest absolute Gasteiger partial charge is 0.240 e. The van der Waals surface area contributed by atoms with Gasteiger partial charge in [0.05, 0.1) is 6.54 Å². The summed E-state index contributed by atoms with van der Waals surface area (Å²) in [5.74, 6) is 0.755. The van der Waals surface area contributed by atoms with Crippen LogP contribution < -0.4 is 5.73 Å². The third-order valence-electron chi connectivity index (χ3n) is 2.68. The highest BCUT2D eigenvalue weighted by atomic mass is 16.5. The molecule has 0 spiro atoms. The Bertz CT molecular complexity index is 561. The lowest BCUT2D eigenvalue weighted by Crippen LogP contribution is -1.97. The molecule has 0 aliphatic rings. The number of hydrogen-bond acceptors (Lipinski definition) is 5. The number of benzene rings is 1. The molecule has 0 bridgehead atoms. The van der Waals surface area contributed by atoms with Gasteiger partial charge in [0.15, 0.2) is 6.29 Å². The van der Waals surface area contributed by atoms with Gasteiger partial charge >= 0.3 is 0 Å². The van der Waals surface area contributed by atoms with Gasteiger partial charge in [0.1, 0.15) is 0 Å². The van der Waals surface area contributed by atoms with E-state index < -0.39 is 0 Å². The Hall–Kier alpha value is -2.01. The fourth-order valence-electron chi connectivity index (χ4n) is 1.58. The Morgan fingerprint density at radius 1 is 1.35 bits per heavy atom. The van der Waals surface area contributed by atoms with Crippen molar-refractivity contribution in [2.45, 2.75) is 20.4 Å². The van der Waals surface area contributed by atoms with E-state index in [-0.39, 0.29) is 6.54 Å². The summed E-state index contributed by atoms with van der Waals surface area (Å²) in [6.45, 7) is 4.11. The second-order valence-electron chi connectivity index (χ2n) is 3.86. The summed E-state index contributed by atoms with van der Waals surface area (Å²) >= 11 is 0. The third kappa shape index (κ3) is 2.09. The van der Waals surface area contributed by atoms with Crippen LogP contribution in [0.5, 0.6) is 0 Å². The molecule has 1 heterocycles. The molecule has 0 aliphatic carbocycles. The summed E-state index contributed by atoms with van der Waals surface area (Å²) in [5.41, 5.74) is 8.75. The van der Waals surface area contributed by atoms with E-state index in [1.54, 1.807) is 0 Å². The molecule has 0 atom stereocenters. The van der Waals surface area contributed by atoms with Crippen molar-refractivity contribution < 1.29 is 9.32 Å². The molecule has 0 radical (unpaired) electrons. The standard InChI is InChI=1S/C12H13N3O2/c1-7-3-9(6-16)10(4-8(7)2)12-14-11(5-13)17-15-12/h3-4,6H,5,13H2,1-2H3. The van der Waals surface area contributed by atoms with E-state index in [9.17, 15) is 4.79 Å². The first kappa shape index (κ1) is 11.5. The number of carbonyl (C=O) groups is 1. The maximum absolute atomic E-state index is 11.0. The first-order valence-corrected chi connectivity index (χ1v) is 5.25. The van der Waals surface area contributed by atoms with Crippen LogP contribution in [0.3, 0.4) is 0 Å². The van der Waals surface area contributed by atoms with Gasteiger partial charge in [-0.1, -0.05) is 5.16 Å². The Morgan fingerprint density at radius 3 is 2.65 bits per heavy atom. The van der Waals surface area contributed by atoms with E-state index in [4.69, 9.17) is 10.3 Å². The Morgan fingerprint density at radius 2 is 2.06 bits per heavy atom. The van der Waals surface area contributed by atoms with Gasteiger partial charge in [0, 0.05) is 11.1 Å². The second-order valence-corrected chi connectivity index (χ2v) is 3.86. The lowest BCUT2D eigenvalue weighted by Gasteiger charge is -2.05. The molecular formula is C12H13N3O2. The maximum atomic E-state index is 11.0. The molecule has 0 aliphatic heterocycles. The van der Waals surface area contributed by atoms with Crippen molar-refractivity contribution in [1.29, 1.82) is 0 Å². The Kier molecular flexibility index (Phi) is 3.01. The molecular weight excluding hydrogens is 218 g/mol. The normalized spacial score (nSPS) is 10.5. The Balaban J connectivity index is 2.57. The minimum absolute atomic E-state index is 0.189. The zero-order chi connectivity index (χ0) is 12.4. The van der Waals surface area contributed by atoms with E-state index >= 15 is 0 Å². The van der Waals surface area contributed by atoms with Gasteiger partial charge in [-0.3, -0.25) is 4.79 Å². The average Bonchev–Trinajstić information content (AvgIpc) is 2.80. The van der Waals surface area contributed by atoms with Crippen LogP contribution >= 0.6 is 0 Å². The van der Waals surface area contributed by atoms with Crippen LogP contribution in [0.15, 0.2) is 16.7 Å². The molecule has 2 rings (SSSR count). The maximum Gasteiger partial charge on any atom is 0.240 e. The number of hydrogen-bond donors (Lipinski definition) is 1. The number of rotatable bonds is 3. The molecule has 17 heavy (non-hydrogen) atoms. The zero-order valence-electron chi connectivity index (χ0n) is 9.73. The first-order chi connectivity index (χ1) is 8.15. The van der Waals surface area contributed by atoms with Gasteiger partial charge in [-0.2, -0.15) is 4.98 Å². The molecule has 1 aromatic carbocycles. The highest BCUT2D eigenvalue weighted by molar-refractivity contribution is 5.86. The fourth-order valence-corrected chi connectivity index (χ4v) is 1.58. The topological polar surface area (TPSA) is 82.0 Å². The fraction of sp³-hybridized carbons (Fsp3) is 0.250. The van der Waals surface area contributed by atoms with Crippen LogP contribution in [0.2, 0.25) is 0 Å². The predicted molar refractivity (Wildman–Crippen MR) is 62.5 cm³/mol. The molecule has 5 nitrogen and oxygen atoms in total. The van der Waals surface area contributed by atoms with Gasteiger partial charge in [-0.15, -0.1) is 0 Å². The summed E-state index contributed by atoms with van der Waals surface area (Å²) in [6.07, 6.45) is 0.792. The number of aryl methyl sites for hydroxylation is 2. The lowest BCUT2D eigenvalue weighted by atomic mass is 10.0. The summed E-state index contributed by atoms with van der Waals surface area (Å²) < 4.78 is 4.94. The molecule has 0 unspecified atom stereocenters. The second kappa shape index (κ2) is 4.47. The molecule has 0 fully saturated rings. The number of aldehydes is 1. The van der Waals surface area contributed by atoms with Crippen LogP contribution in [-0.2, 0) is 6.54 Å². The van der Waals surface area contributed by atoms with Crippen molar-refractivity contribution >= 4 is 6.29 Å². The van der Waals surface area contributed by atoms with Crippen molar-refractivity contribution in [3.05, 3.63) is 34.7 Å². The van der Waals surface area contributed by atoms with E-state index in [2.05, 4.69) is 10.1 Å². The van der Waals surface area contributed by atoms with Crippen LogP contribution in [0.25, 0.3) is 11.4 Å². The molecule has 0 amide bonds. The van der Waals surface area contributed by atoms with Gasteiger partial charge in [-0.25, -0.2) is 0 Å². The minimum atomic E-state index is 0.189. The predicted octanol–water partition coefficient (Wildman–Crippen LogP) is 1.62. The molecule has 2 N–H and O–H groups in total. The highest BCUT2D eigenvalue weighted by Crippen LogP contribution is 2.23. The number of aromatic nitrogens is 2. The van der Waals surface area contributed by atoms with Gasteiger partial charge < -0.3 is 10.3 Å². The third-order valence-corrected chi connectivity index (χ3v) is 2.68. The molecule has 0 saturated heterocycles. The summed E-state index contributed by atoms with van der Waals surface area (Å²) in [5, 5.41) is 3.81. The minimum Gasteiger partial charge on any atom is -0.338 e. The van der Waals surface area contributed by atoms with E-state index in [0.717, 1.165) is 17.4 Å². The average molecular weight is 231 g/mol. The van der Waals surface area contributed by atoms with Gasteiger partial charge in [0.25, 0.3) is 0 Å². The van der Waals surface area contributed by atoms with Crippen LogP contribution in [0, 0.1) is 13.8 Å². The first-order valence-electron chi connectivity index (χ1n) is 5.25. The quantitative estimate of drug-likeness (QED) is 0.812. The lowest BCUT2D eigenvalue weighted by molar-refractivity contribution is 0.112. The molecule has 0 saturated carbocycles. The van der Waals surface area contributed by atoms with Crippen LogP contribution in [0.1, 0.15) is 27.4 Å². The van der Waals surface area contributed by atoms with Crippen molar-refractivity contribution in [1.82, 2.24) is 10.1 Å². The number of carbonyl (C=O) groups excluding carboxylic acids is 1. The highest BCUT2D eigenvalue weighted by Gasteiger charge is 2.13. The van der Waals surface area contributed by atoms with Crippen molar-refractivity contribution in [2.75, 3.05) is 0 Å². The van der Waals surface area contributed by atoms with E-state index in [1.165, 1.54) is 0 Å². The Labute approximate surface area is 98.6 Å². The number of nitrogens with two attached hydrogens (primary N) is 1. The molecule has 5 heteroatoms. The van der Waals surface area contributed by atoms with Crippen molar-refractivity contribution in [3.8, 4) is 11.4 Å². The van der Waals surface area contributed by atoms with Gasteiger partial charge in [-0.05, 0) is 37.1 Å². The number of nitrogens with zero attached hydrogens (tertiary/aromatic N) is 2. The largest absolute Gasteiger partial charge is 0.338 e. The van der Waals surface area contributed by atoms with Crippen LogP contribution in [-0.4, -0.2) is 16.4 Å². The monoisotopic (exact) mass is 231 g/mol. The summed E-state index contributed by atoms with van der Waals surface area (Å²) in [4.78, 5) is 15.1. The zero-order valence-corrected chi connectivity index (χ0v) is 9.73. The van der Waals surface area contributed by atoms with Crippen molar-refractivity contribution in [3.63, 3.8) is 0 Å². The SMILES string of the molecule is Cc1cc(C=O)c(-c2noc(CN)n2)cc1C. The molecule has 88 valence electrons. The van der Waals surface area contributed by atoms with Crippen molar-refractivity contribution in [2.24, 2.45) is 5.73 Å². The van der Waals surface area contributed by atoms with E-state index in [0.29, 0.717) is 22.8 Å². The summed E-state index contributed by atoms with van der Waals surface area (Å²) in [7, 11) is 0. The molecule has 2 aromatic rings. The van der Waals surface area contributed by atoms with Gasteiger partial charge in [0.2, 0.25) is 11.7 Å². The summed E-state index contributed by atoms with van der Waals surface area (Å²) in [6, 6.07) is 3.69. The van der Waals surface area contributed by atoms with E-state index in [1.807, 2.05) is 26.0 Å². The molecule has 1 aromatic heterocycles.